The van der Waals surface area contributed by atoms with E-state index in [4.69, 9.17) is 0 Å². The molecule has 1 heterocycles. The van der Waals surface area contributed by atoms with Crippen molar-refractivity contribution in [3.05, 3.63) is 0 Å². The van der Waals surface area contributed by atoms with Crippen molar-refractivity contribution in [3.63, 3.8) is 0 Å². The highest BCUT2D eigenvalue weighted by Gasteiger charge is 2.35. The van der Waals surface area contributed by atoms with E-state index >= 15 is 0 Å². The summed E-state index contributed by atoms with van der Waals surface area (Å²) in [5.41, 5.74) is -0.212. The van der Waals surface area contributed by atoms with Crippen molar-refractivity contribution in [2.75, 3.05) is 24.3 Å². The van der Waals surface area contributed by atoms with Gasteiger partial charge in [-0.15, -0.1) is 0 Å². The van der Waals surface area contributed by atoms with Crippen LogP contribution in [-0.2, 0) is 10.0 Å². The van der Waals surface area contributed by atoms with E-state index < -0.39 is 10.0 Å². The van der Waals surface area contributed by atoms with Gasteiger partial charge in [0.1, 0.15) is 0 Å². The second-order valence-corrected chi connectivity index (χ2v) is 6.71. The van der Waals surface area contributed by atoms with Crippen molar-refractivity contribution in [3.8, 4) is 0 Å². The molecule has 0 N–H and O–H groups in total. The van der Waals surface area contributed by atoms with Gasteiger partial charge in [-0.1, -0.05) is 0 Å². The monoisotopic (exact) mass is 209 g/mol. The summed E-state index contributed by atoms with van der Waals surface area (Å²) in [4.78, 5) is 0. The average molecular weight is 209 g/mol. The van der Waals surface area contributed by atoms with Gasteiger partial charge >= 0.3 is 0 Å². The fourth-order valence-electron chi connectivity index (χ4n) is 1.46. The van der Waals surface area contributed by atoms with Gasteiger partial charge in [-0.25, -0.2) is 8.42 Å². The van der Waals surface area contributed by atoms with Crippen LogP contribution in [0.25, 0.3) is 0 Å². The zero-order chi connectivity index (χ0) is 9.41. The smallest absolute Gasteiger partial charge is 0.211 e. The molecule has 0 aromatic rings. The molecule has 0 amide bonds. The lowest BCUT2D eigenvalue weighted by molar-refractivity contribution is 0.261. The summed E-state index contributed by atoms with van der Waals surface area (Å²) in [5, 5.41) is 0. The molecule has 0 aromatic carbocycles. The molecular formula is C7H15NO2S2. The Balaban J connectivity index is 2.88. The summed E-state index contributed by atoms with van der Waals surface area (Å²) < 4.78 is 24.2. The zero-order valence-corrected chi connectivity index (χ0v) is 9.33. The van der Waals surface area contributed by atoms with E-state index in [2.05, 4.69) is 0 Å². The van der Waals surface area contributed by atoms with Gasteiger partial charge in [0, 0.05) is 23.6 Å². The summed E-state index contributed by atoms with van der Waals surface area (Å²) in [5.74, 6) is 1.80. The van der Waals surface area contributed by atoms with E-state index in [0.717, 1.165) is 11.5 Å². The summed E-state index contributed by atoms with van der Waals surface area (Å²) >= 11 is 1.82. The van der Waals surface area contributed by atoms with Crippen molar-refractivity contribution < 1.29 is 8.42 Å². The van der Waals surface area contributed by atoms with Crippen molar-refractivity contribution in [1.29, 1.82) is 0 Å². The highest BCUT2D eigenvalue weighted by Crippen LogP contribution is 2.27. The number of sulfonamides is 1. The molecule has 0 bridgehead atoms. The molecule has 1 rings (SSSR count). The first-order valence-corrected chi connectivity index (χ1v) is 6.90. The van der Waals surface area contributed by atoms with Crippen molar-refractivity contribution in [2.45, 2.75) is 19.4 Å². The first kappa shape index (κ1) is 10.3. The van der Waals surface area contributed by atoms with E-state index in [0.29, 0.717) is 6.54 Å². The van der Waals surface area contributed by atoms with Crippen LogP contribution in [0.2, 0.25) is 0 Å². The van der Waals surface area contributed by atoms with Gasteiger partial charge < -0.3 is 0 Å². The Morgan fingerprint density at radius 3 is 2.33 bits per heavy atom. The Hall–Kier alpha value is 0.260. The molecule has 0 aliphatic carbocycles. The fraction of sp³-hybridized carbons (Fsp3) is 1.00. The van der Waals surface area contributed by atoms with Crippen molar-refractivity contribution in [2.24, 2.45) is 0 Å². The number of hydrogen-bond acceptors (Lipinski definition) is 3. The largest absolute Gasteiger partial charge is 0.212 e. The number of thioether (sulfide) groups is 1. The molecule has 0 saturated carbocycles. The van der Waals surface area contributed by atoms with Gasteiger partial charge in [0.2, 0.25) is 10.0 Å². The normalized spacial score (nSPS) is 25.6. The molecule has 72 valence electrons. The second-order valence-electron chi connectivity index (χ2n) is 3.70. The van der Waals surface area contributed by atoms with Crippen LogP contribution < -0.4 is 0 Å². The lowest BCUT2D eigenvalue weighted by Gasteiger charge is -2.39. The molecule has 0 atom stereocenters. The average Bonchev–Trinajstić information content (AvgIpc) is 1.83. The van der Waals surface area contributed by atoms with Crippen LogP contribution >= 0.6 is 11.8 Å². The summed E-state index contributed by atoms with van der Waals surface area (Å²) in [6, 6.07) is 0. The molecule has 3 nitrogen and oxygen atoms in total. The van der Waals surface area contributed by atoms with Crippen LogP contribution in [0.4, 0.5) is 0 Å². The maximum Gasteiger partial charge on any atom is 0.211 e. The Labute approximate surface area is 78.6 Å². The Morgan fingerprint density at radius 1 is 1.42 bits per heavy atom. The lowest BCUT2D eigenvalue weighted by Crippen LogP contribution is -2.52. The van der Waals surface area contributed by atoms with Crippen LogP contribution in [-0.4, -0.2) is 42.6 Å². The second kappa shape index (κ2) is 3.20. The van der Waals surface area contributed by atoms with E-state index in [1.807, 2.05) is 25.6 Å². The van der Waals surface area contributed by atoms with Crippen molar-refractivity contribution >= 4 is 21.8 Å². The summed E-state index contributed by atoms with van der Waals surface area (Å²) in [6.07, 6.45) is 1.28. The maximum atomic E-state index is 11.3. The van der Waals surface area contributed by atoms with Gasteiger partial charge in [0.15, 0.2) is 0 Å². The topological polar surface area (TPSA) is 37.4 Å². The minimum Gasteiger partial charge on any atom is -0.212 e. The molecule has 1 fully saturated rings. The molecule has 0 aromatic heterocycles. The molecule has 1 aliphatic rings. The standard InChI is InChI=1S/C7H15NO2S2/c1-7(2)6-11-5-4-8(7)12(3,9)10/h4-6H2,1-3H3. The molecule has 0 radical (unpaired) electrons. The third-order valence-electron chi connectivity index (χ3n) is 1.97. The molecule has 12 heavy (non-hydrogen) atoms. The zero-order valence-electron chi connectivity index (χ0n) is 7.70. The third kappa shape index (κ3) is 2.14. The molecule has 0 spiro atoms. The Bertz CT molecular complexity index is 259. The van der Waals surface area contributed by atoms with Gasteiger partial charge in [0.05, 0.1) is 6.26 Å². The third-order valence-corrected chi connectivity index (χ3v) is 4.83. The summed E-state index contributed by atoms with van der Waals surface area (Å²) in [6.45, 7) is 4.59. The number of nitrogens with zero attached hydrogens (tertiary/aromatic N) is 1. The van der Waals surface area contributed by atoms with Crippen LogP contribution in [0, 0.1) is 0 Å². The summed E-state index contributed by atoms with van der Waals surface area (Å²) in [7, 11) is -3.01. The first-order valence-electron chi connectivity index (χ1n) is 3.89. The van der Waals surface area contributed by atoms with Gasteiger partial charge in [-0.05, 0) is 13.8 Å². The van der Waals surface area contributed by atoms with E-state index in [1.165, 1.54) is 6.26 Å². The predicted molar refractivity (Wildman–Crippen MR) is 53.0 cm³/mol. The molecular weight excluding hydrogens is 194 g/mol. The van der Waals surface area contributed by atoms with Crippen LogP contribution in [0.15, 0.2) is 0 Å². The number of hydrogen-bond donors (Lipinski definition) is 0. The molecule has 1 saturated heterocycles. The van der Waals surface area contributed by atoms with Crippen LogP contribution in [0.3, 0.4) is 0 Å². The maximum absolute atomic E-state index is 11.3. The van der Waals surface area contributed by atoms with Crippen molar-refractivity contribution in [1.82, 2.24) is 4.31 Å². The highest BCUT2D eigenvalue weighted by atomic mass is 32.2. The molecule has 0 unspecified atom stereocenters. The SMILES string of the molecule is CC1(C)CSCCN1S(C)(=O)=O. The lowest BCUT2D eigenvalue weighted by atomic mass is 10.1. The first-order chi connectivity index (χ1) is 5.34. The van der Waals surface area contributed by atoms with E-state index in [9.17, 15) is 8.42 Å². The minimum atomic E-state index is -3.01. The fourth-order valence-corrected chi connectivity index (χ4v) is 4.15. The number of rotatable bonds is 1. The molecule has 1 aliphatic heterocycles. The van der Waals surface area contributed by atoms with Crippen LogP contribution in [0.5, 0.6) is 0 Å². The van der Waals surface area contributed by atoms with Crippen LogP contribution in [0.1, 0.15) is 13.8 Å². The quantitative estimate of drug-likeness (QED) is 0.640. The van der Waals surface area contributed by atoms with E-state index in [-0.39, 0.29) is 5.54 Å². The van der Waals surface area contributed by atoms with Gasteiger partial charge in [-0.3, -0.25) is 0 Å². The highest BCUT2D eigenvalue weighted by molar-refractivity contribution is 7.99. The molecule has 5 heteroatoms. The van der Waals surface area contributed by atoms with Gasteiger partial charge in [-0.2, -0.15) is 16.1 Å². The van der Waals surface area contributed by atoms with Gasteiger partial charge in [0.25, 0.3) is 0 Å². The minimum absolute atomic E-state index is 0.212. The Kier molecular flexibility index (Phi) is 2.75. The van der Waals surface area contributed by atoms with E-state index in [1.54, 1.807) is 4.31 Å². The predicted octanol–water partition coefficient (Wildman–Crippen LogP) is 0.773. The Morgan fingerprint density at radius 2 is 2.00 bits per heavy atom.